The summed E-state index contributed by atoms with van der Waals surface area (Å²) in [5.41, 5.74) is -3.36. The number of nitrogens with zero attached hydrogens (tertiary/aromatic N) is 5. The molecule has 3 aromatic rings. The van der Waals surface area contributed by atoms with Gasteiger partial charge in [-0.25, -0.2) is 9.67 Å². The Hall–Kier alpha value is -3.42. The van der Waals surface area contributed by atoms with Crippen LogP contribution in [0.4, 0.5) is 19.0 Å². The zero-order valence-electron chi connectivity index (χ0n) is 23.7. The molecule has 1 aliphatic heterocycles. The zero-order valence-corrected chi connectivity index (χ0v) is 24.5. The molecular formula is C25H32F3N7O7S. The van der Waals surface area contributed by atoms with E-state index >= 15 is 0 Å². The number of aliphatic hydroxyl groups is 5. The summed E-state index contributed by atoms with van der Waals surface area (Å²) in [5.74, 6) is -9.24. The highest BCUT2D eigenvalue weighted by Crippen LogP contribution is 2.46. The molecule has 1 aliphatic rings. The number of amides is 1. The van der Waals surface area contributed by atoms with E-state index < -0.39 is 53.9 Å². The molecule has 0 bridgehead atoms. The van der Waals surface area contributed by atoms with Crippen molar-refractivity contribution in [3.8, 4) is 11.7 Å². The van der Waals surface area contributed by atoms with Crippen LogP contribution in [0.2, 0.25) is 0 Å². The van der Waals surface area contributed by atoms with Gasteiger partial charge in [0, 0.05) is 25.0 Å². The fraction of sp³-hybridized carbons (Fsp3) is 0.520. The molecule has 4 heterocycles. The van der Waals surface area contributed by atoms with Crippen molar-refractivity contribution in [3.05, 3.63) is 41.9 Å². The van der Waals surface area contributed by atoms with Gasteiger partial charge in [-0.2, -0.15) is 18.3 Å². The fourth-order valence-corrected chi connectivity index (χ4v) is 4.93. The number of ether oxygens (including phenoxy) is 1. The third-order valence-electron chi connectivity index (χ3n) is 7.44. The minimum atomic E-state index is -4.51. The van der Waals surface area contributed by atoms with Crippen LogP contribution in [0.1, 0.15) is 43.7 Å². The van der Waals surface area contributed by atoms with Crippen LogP contribution in [-0.4, -0.2) is 93.0 Å². The van der Waals surface area contributed by atoms with E-state index in [0.717, 1.165) is 25.8 Å². The molecular weight excluding hydrogens is 599 g/mol. The summed E-state index contributed by atoms with van der Waals surface area (Å²) >= 11 is 0.953. The number of hydrogen-bond donors (Lipinski definition) is 7. The molecule has 43 heavy (non-hydrogen) atoms. The van der Waals surface area contributed by atoms with Gasteiger partial charge in [-0.15, -0.1) is 5.10 Å². The smallest absolute Gasteiger partial charge is 0.397 e. The number of H-pyrrole nitrogens is 1. The van der Waals surface area contributed by atoms with Crippen LogP contribution in [0.15, 0.2) is 35.5 Å². The van der Waals surface area contributed by atoms with Crippen molar-refractivity contribution in [2.45, 2.75) is 63.0 Å². The van der Waals surface area contributed by atoms with Crippen LogP contribution in [0.5, 0.6) is 5.88 Å². The minimum absolute atomic E-state index is 0.0544. The Morgan fingerprint density at radius 2 is 1.88 bits per heavy atom. The Bertz CT molecular complexity index is 1480. The second-order valence-electron chi connectivity index (χ2n) is 11.3. The summed E-state index contributed by atoms with van der Waals surface area (Å²) in [5, 5.41) is 62.2. The predicted molar refractivity (Wildman–Crippen MR) is 145 cm³/mol. The van der Waals surface area contributed by atoms with Gasteiger partial charge in [0.05, 0.1) is 27.1 Å². The van der Waals surface area contributed by atoms with Gasteiger partial charge in [-0.05, 0) is 58.7 Å². The van der Waals surface area contributed by atoms with Crippen LogP contribution in [0.25, 0.3) is 5.82 Å². The zero-order chi connectivity index (χ0) is 32.2. The highest BCUT2D eigenvalue weighted by molar-refractivity contribution is 7.98. The molecule has 0 spiro atoms. The predicted octanol–water partition coefficient (Wildman–Crippen LogP) is 1.23. The van der Waals surface area contributed by atoms with Gasteiger partial charge < -0.3 is 35.2 Å². The molecule has 0 aliphatic carbocycles. The molecule has 4 rings (SSSR count). The van der Waals surface area contributed by atoms with Gasteiger partial charge in [-0.1, -0.05) is 0 Å². The number of pyridine rings is 1. The standard InChI is InChI=1S/C25H32F3N7O7S/c1-13-15(10-29-31-13)43-33-20(36)14-6-7-17(35-9-8-18(32-35)42-12-21(2,3)25(26,27)28)30-19(14)34-11-16(24(39,40)41)23(37,38)22(34,4)5/h6-10,16,37-41H,11-12H2,1-5H3,(H,29,31)(H,33,36). The second kappa shape index (κ2) is 10.9. The first-order valence-electron chi connectivity index (χ1n) is 12.8. The molecule has 0 saturated carbocycles. The lowest BCUT2D eigenvalue weighted by atomic mass is 9.86. The molecule has 236 valence electrons. The molecule has 14 nitrogen and oxygen atoms in total. The lowest BCUT2D eigenvalue weighted by molar-refractivity contribution is -0.386. The monoisotopic (exact) mass is 631 g/mol. The van der Waals surface area contributed by atoms with Crippen molar-refractivity contribution in [1.29, 1.82) is 0 Å². The summed E-state index contributed by atoms with van der Waals surface area (Å²) in [4.78, 5) is 19.7. The first kappa shape index (κ1) is 32.5. The number of nitrogens with one attached hydrogen (secondary N) is 2. The molecule has 3 aromatic heterocycles. The summed E-state index contributed by atoms with van der Waals surface area (Å²) < 4.78 is 48.8. The van der Waals surface area contributed by atoms with E-state index in [2.05, 4.69) is 25.0 Å². The Balaban J connectivity index is 1.71. The number of halogens is 3. The average molecular weight is 632 g/mol. The van der Waals surface area contributed by atoms with Crippen LogP contribution in [0.3, 0.4) is 0 Å². The first-order chi connectivity index (χ1) is 19.7. The van der Waals surface area contributed by atoms with Crippen molar-refractivity contribution in [3.63, 3.8) is 0 Å². The van der Waals surface area contributed by atoms with Crippen LogP contribution >= 0.6 is 11.9 Å². The lowest BCUT2D eigenvalue weighted by Gasteiger charge is -2.40. The highest BCUT2D eigenvalue weighted by atomic mass is 32.2. The van der Waals surface area contributed by atoms with Crippen LogP contribution in [-0.2, 0) is 0 Å². The molecule has 18 heteroatoms. The summed E-state index contributed by atoms with van der Waals surface area (Å²) in [6.07, 6.45) is -1.58. The number of carbonyl (C=O) groups excluding carboxylic acids is 1. The third-order valence-corrected chi connectivity index (χ3v) is 8.36. The normalized spacial score (nSPS) is 18.6. The number of aryl methyl sites for hydroxylation is 1. The van der Waals surface area contributed by atoms with E-state index in [1.807, 2.05) is 0 Å². The number of rotatable bonds is 9. The maximum Gasteiger partial charge on any atom is 0.397 e. The second-order valence-corrected chi connectivity index (χ2v) is 12.2. The topological polar surface area (TPSA) is 202 Å². The van der Waals surface area contributed by atoms with Gasteiger partial charge >= 0.3 is 6.18 Å². The molecule has 7 N–H and O–H groups in total. The average Bonchev–Trinajstić information content (AvgIpc) is 3.57. The molecule has 1 amide bonds. The molecule has 1 unspecified atom stereocenters. The van der Waals surface area contributed by atoms with Crippen molar-refractivity contribution < 1.29 is 48.2 Å². The molecule has 0 aromatic carbocycles. The Labute approximate surface area is 247 Å². The van der Waals surface area contributed by atoms with Crippen molar-refractivity contribution in [1.82, 2.24) is 29.7 Å². The van der Waals surface area contributed by atoms with Crippen molar-refractivity contribution in [2.24, 2.45) is 11.3 Å². The first-order valence-corrected chi connectivity index (χ1v) is 13.6. The SMILES string of the molecule is Cc1n[nH]cc1SNC(=O)c1ccc(-n2ccc(OCC(C)(C)C(F)(F)F)n2)nc1N1CC(C(O)(O)O)C(O)(O)C1(C)C. The van der Waals surface area contributed by atoms with Crippen LogP contribution < -0.4 is 14.4 Å². The van der Waals surface area contributed by atoms with Crippen molar-refractivity contribution in [2.75, 3.05) is 18.1 Å². The summed E-state index contributed by atoms with van der Waals surface area (Å²) in [6.45, 7) is 5.08. The number of hydrogen-bond acceptors (Lipinski definition) is 12. The Morgan fingerprint density at radius 1 is 1.21 bits per heavy atom. The number of aromatic amines is 1. The van der Waals surface area contributed by atoms with Gasteiger partial charge in [0.25, 0.3) is 11.9 Å². The maximum absolute atomic E-state index is 13.4. The van der Waals surface area contributed by atoms with Crippen LogP contribution in [0, 0.1) is 18.3 Å². The summed E-state index contributed by atoms with van der Waals surface area (Å²) in [7, 11) is 0. The number of carbonyl (C=O) groups is 1. The van der Waals surface area contributed by atoms with E-state index in [9.17, 15) is 43.5 Å². The largest absolute Gasteiger partial charge is 0.476 e. The minimum Gasteiger partial charge on any atom is -0.476 e. The van der Waals surface area contributed by atoms with Gasteiger partial charge in [-0.3, -0.25) is 14.6 Å². The van der Waals surface area contributed by atoms with Gasteiger partial charge in [0.2, 0.25) is 5.88 Å². The molecule has 1 atom stereocenters. The van der Waals surface area contributed by atoms with Gasteiger partial charge in [0.15, 0.2) is 11.6 Å². The third kappa shape index (κ3) is 6.16. The fourth-order valence-electron chi connectivity index (χ4n) is 4.31. The highest BCUT2D eigenvalue weighted by Gasteiger charge is 2.65. The molecule has 0 radical (unpaired) electrons. The quantitative estimate of drug-likeness (QED) is 0.132. The van der Waals surface area contributed by atoms with E-state index in [4.69, 9.17) is 4.74 Å². The van der Waals surface area contributed by atoms with E-state index in [0.29, 0.717) is 10.6 Å². The number of alkyl halides is 3. The summed E-state index contributed by atoms with van der Waals surface area (Å²) in [6, 6.07) is 4.07. The molecule has 1 fully saturated rings. The number of anilines is 1. The maximum atomic E-state index is 13.4. The van der Waals surface area contributed by atoms with E-state index in [1.165, 1.54) is 47.8 Å². The van der Waals surface area contributed by atoms with E-state index in [1.54, 1.807) is 13.1 Å². The lowest BCUT2D eigenvalue weighted by Crippen LogP contribution is -2.59. The van der Waals surface area contributed by atoms with Crippen molar-refractivity contribution >= 4 is 23.7 Å². The Morgan fingerprint density at radius 3 is 2.44 bits per heavy atom. The van der Waals surface area contributed by atoms with E-state index in [-0.39, 0.29) is 23.1 Å². The van der Waals surface area contributed by atoms with Gasteiger partial charge in [0.1, 0.15) is 18.3 Å². The Kier molecular flexibility index (Phi) is 8.26. The number of aromatic nitrogens is 5. The molecule has 1 saturated heterocycles.